The predicted octanol–water partition coefficient (Wildman–Crippen LogP) is 0.734. The van der Waals surface area contributed by atoms with Crippen LogP contribution in [0.1, 0.15) is 30.1 Å². The molecule has 2 rings (SSSR count). The van der Waals surface area contributed by atoms with Crippen LogP contribution in [0.15, 0.2) is 18.2 Å². The minimum atomic E-state index is -2.07. The Kier molecular flexibility index (Phi) is 4.50. The number of rotatable bonds is 7. The Bertz CT molecular complexity index is 654. The van der Waals surface area contributed by atoms with Crippen LogP contribution in [-0.2, 0) is 4.79 Å². The summed E-state index contributed by atoms with van der Waals surface area (Å²) in [5.74, 6) is -1.84. The van der Waals surface area contributed by atoms with Gasteiger partial charge in [-0.05, 0) is 31.9 Å². The molecule has 0 saturated heterocycles. The number of amides is 1. The lowest BCUT2D eigenvalue weighted by molar-refractivity contribution is -0.384. The Morgan fingerprint density at radius 3 is 2.61 bits per heavy atom. The Morgan fingerprint density at radius 2 is 2.09 bits per heavy atom. The van der Waals surface area contributed by atoms with Gasteiger partial charge in [-0.1, -0.05) is 0 Å². The molecule has 0 radical (unpaired) electrons. The van der Waals surface area contributed by atoms with Crippen LogP contribution in [0.4, 0.5) is 11.4 Å². The normalized spacial score (nSPS) is 16.3. The highest BCUT2D eigenvalue weighted by Gasteiger charge is 2.31. The van der Waals surface area contributed by atoms with Crippen molar-refractivity contribution in [1.29, 1.82) is 0 Å². The molecule has 1 amide bonds. The molecule has 1 atom stereocenters. The van der Waals surface area contributed by atoms with Crippen LogP contribution in [0.25, 0.3) is 0 Å². The molecule has 9 heteroatoms. The maximum absolute atomic E-state index is 11.9. The van der Waals surface area contributed by atoms with Crippen molar-refractivity contribution < 1.29 is 24.7 Å². The van der Waals surface area contributed by atoms with Gasteiger partial charge in [0.2, 0.25) is 0 Å². The molecule has 4 N–H and O–H groups in total. The first-order valence-electron chi connectivity index (χ1n) is 6.99. The number of nitrogens with one attached hydrogen (secondary N) is 2. The van der Waals surface area contributed by atoms with Gasteiger partial charge in [-0.2, -0.15) is 0 Å². The van der Waals surface area contributed by atoms with Gasteiger partial charge in [-0.15, -0.1) is 0 Å². The minimum Gasteiger partial charge on any atom is -0.479 e. The molecule has 9 nitrogen and oxygen atoms in total. The Morgan fingerprint density at radius 1 is 1.43 bits per heavy atom. The van der Waals surface area contributed by atoms with Gasteiger partial charge in [0.15, 0.2) is 5.60 Å². The molecule has 1 aliphatic rings. The molecule has 0 spiro atoms. The third kappa shape index (κ3) is 4.16. The van der Waals surface area contributed by atoms with E-state index in [9.17, 15) is 24.8 Å². The van der Waals surface area contributed by atoms with Crippen LogP contribution in [0.3, 0.4) is 0 Å². The third-order valence-electron chi connectivity index (χ3n) is 3.45. The lowest BCUT2D eigenvalue weighted by Crippen LogP contribution is -2.41. The third-order valence-corrected chi connectivity index (χ3v) is 3.45. The molecule has 0 heterocycles. The molecular weight excluding hydrogens is 306 g/mol. The number of carbonyl (C=O) groups excluding carboxylic acids is 1. The van der Waals surface area contributed by atoms with E-state index in [0.717, 1.165) is 25.8 Å². The van der Waals surface area contributed by atoms with E-state index in [-0.39, 0.29) is 28.9 Å². The number of carboxylic acid groups (broad SMARTS) is 1. The van der Waals surface area contributed by atoms with E-state index in [4.69, 9.17) is 5.11 Å². The number of hydrogen-bond acceptors (Lipinski definition) is 6. The highest BCUT2D eigenvalue weighted by atomic mass is 16.6. The summed E-state index contributed by atoms with van der Waals surface area (Å²) in [4.78, 5) is 33.2. The summed E-state index contributed by atoms with van der Waals surface area (Å²) in [6, 6.07) is 3.97. The monoisotopic (exact) mass is 323 g/mol. The number of nitro groups is 1. The Hall–Kier alpha value is -2.68. The predicted molar refractivity (Wildman–Crippen MR) is 80.3 cm³/mol. The van der Waals surface area contributed by atoms with E-state index in [1.165, 1.54) is 12.1 Å². The first-order chi connectivity index (χ1) is 10.7. The summed E-state index contributed by atoms with van der Waals surface area (Å²) in [5, 5.41) is 34.9. The summed E-state index contributed by atoms with van der Waals surface area (Å²) in [7, 11) is 0. The molecule has 1 unspecified atom stereocenters. The van der Waals surface area contributed by atoms with Crippen LogP contribution in [-0.4, -0.2) is 45.2 Å². The van der Waals surface area contributed by atoms with Gasteiger partial charge in [0.05, 0.1) is 11.5 Å². The van der Waals surface area contributed by atoms with E-state index >= 15 is 0 Å². The second-order valence-corrected chi connectivity index (χ2v) is 5.67. The summed E-state index contributed by atoms with van der Waals surface area (Å²) in [5.41, 5.74) is -2.26. The summed E-state index contributed by atoms with van der Waals surface area (Å²) < 4.78 is 0. The zero-order valence-electron chi connectivity index (χ0n) is 12.4. The Balaban J connectivity index is 2.17. The van der Waals surface area contributed by atoms with Crippen molar-refractivity contribution in [3.8, 4) is 0 Å². The minimum absolute atomic E-state index is 0.0273. The number of carbonyl (C=O) groups is 2. The van der Waals surface area contributed by atoms with Crippen molar-refractivity contribution in [2.24, 2.45) is 0 Å². The number of hydrogen-bond donors (Lipinski definition) is 4. The SMILES string of the molecule is CC(O)(CNc1ccc(C(=O)NC2CC2)cc1[N+](=O)[O-])C(=O)O. The van der Waals surface area contributed by atoms with Crippen molar-refractivity contribution in [2.75, 3.05) is 11.9 Å². The average molecular weight is 323 g/mol. The fourth-order valence-electron chi connectivity index (χ4n) is 1.81. The molecule has 124 valence electrons. The van der Waals surface area contributed by atoms with Crippen molar-refractivity contribution in [1.82, 2.24) is 5.32 Å². The molecular formula is C14H17N3O6. The molecule has 0 aromatic heterocycles. The number of anilines is 1. The van der Waals surface area contributed by atoms with Crippen molar-refractivity contribution in [3.63, 3.8) is 0 Å². The molecule has 1 saturated carbocycles. The van der Waals surface area contributed by atoms with Gasteiger partial charge in [0, 0.05) is 17.7 Å². The van der Waals surface area contributed by atoms with Gasteiger partial charge in [0.1, 0.15) is 5.69 Å². The van der Waals surface area contributed by atoms with E-state index in [1.54, 1.807) is 0 Å². The Labute approximate surface area is 131 Å². The lowest BCUT2D eigenvalue weighted by atomic mass is 10.1. The largest absolute Gasteiger partial charge is 0.479 e. The van der Waals surface area contributed by atoms with Crippen LogP contribution >= 0.6 is 0 Å². The number of benzene rings is 1. The van der Waals surface area contributed by atoms with E-state index < -0.39 is 23.0 Å². The van der Waals surface area contributed by atoms with Crippen molar-refractivity contribution in [3.05, 3.63) is 33.9 Å². The number of aliphatic carboxylic acids is 1. The first-order valence-corrected chi connectivity index (χ1v) is 6.99. The second-order valence-electron chi connectivity index (χ2n) is 5.67. The fourth-order valence-corrected chi connectivity index (χ4v) is 1.81. The standard InChI is InChI=1S/C14H17N3O6/c1-14(21,13(19)20)7-15-10-5-2-8(6-11(10)17(22)23)12(18)16-9-3-4-9/h2,5-6,9,15,21H,3-4,7H2,1H3,(H,16,18)(H,19,20). The number of carboxylic acids is 1. The van der Waals surface area contributed by atoms with Gasteiger partial charge in [-0.25, -0.2) is 4.79 Å². The van der Waals surface area contributed by atoms with Gasteiger partial charge in [-0.3, -0.25) is 14.9 Å². The average Bonchev–Trinajstić information content (AvgIpc) is 3.28. The van der Waals surface area contributed by atoms with Crippen LogP contribution < -0.4 is 10.6 Å². The molecule has 0 aliphatic heterocycles. The summed E-state index contributed by atoms with van der Waals surface area (Å²) in [6.45, 7) is 0.655. The maximum Gasteiger partial charge on any atom is 0.337 e. The lowest BCUT2D eigenvalue weighted by Gasteiger charge is -2.19. The van der Waals surface area contributed by atoms with E-state index in [0.29, 0.717) is 0 Å². The number of nitro benzene ring substituents is 1. The zero-order chi connectivity index (χ0) is 17.2. The van der Waals surface area contributed by atoms with Crippen LogP contribution in [0.5, 0.6) is 0 Å². The van der Waals surface area contributed by atoms with Crippen molar-refractivity contribution in [2.45, 2.75) is 31.4 Å². The smallest absolute Gasteiger partial charge is 0.337 e. The van der Waals surface area contributed by atoms with E-state index in [1.807, 2.05) is 0 Å². The van der Waals surface area contributed by atoms with Gasteiger partial charge < -0.3 is 20.8 Å². The second kappa shape index (κ2) is 6.21. The summed E-state index contributed by atoms with van der Waals surface area (Å²) >= 11 is 0. The maximum atomic E-state index is 11.9. The zero-order valence-corrected chi connectivity index (χ0v) is 12.4. The molecule has 1 aliphatic carbocycles. The van der Waals surface area contributed by atoms with Crippen LogP contribution in [0.2, 0.25) is 0 Å². The fraction of sp³-hybridized carbons (Fsp3) is 0.429. The van der Waals surface area contributed by atoms with Gasteiger partial charge in [0.25, 0.3) is 11.6 Å². The molecule has 1 aromatic carbocycles. The number of nitrogens with zero attached hydrogens (tertiary/aromatic N) is 1. The highest BCUT2D eigenvalue weighted by molar-refractivity contribution is 5.96. The summed E-state index contributed by atoms with van der Waals surface area (Å²) in [6.07, 6.45) is 1.80. The quantitative estimate of drug-likeness (QED) is 0.428. The molecule has 1 aromatic rings. The van der Waals surface area contributed by atoms with Crippen LogP contribution in [0, 0.1) is 10.1 Å². The number of aliphatic hydroxyl groups is 1. The topological polar surface area (TPSA) is 142 Å². The first kappa shape index (κ1) is 16.7. The highest BCUT2D eigenvalue weighted by Crippen LogP contribution is 2.27. The molecule has 23 heavy (non-hydrogen) atoms. The van der Waals surface area contributed by atoms with E-state index in [2.05, 4.69) is 10.6 Å². The van der Waals surface area contributed by atoms with Gasteiger partial charge >= 0.3 is 5.97 Å². The molecule has 1 fully saturated rings. The van der Waals surface area contributed by atoms with Crippen molar-refractivity contribution >= 4 is 23.3 Å². The molecule has 0 bridgehead atoms.